The fraction of sp³-hybridized carbons (Fsp3) is 0.304. The lowest BCUT2D eigenvalue weighted by Gasteiger charge is -2.34. The van der Waals surface area contributed by atoms with Crippen LogP contribution >= 0.6 is 0 Å². The molecule has 0 fully saturated rings. The molecule has 0 saturated heterocycles. The summed E-state index contributed by atoms with van der Waals surface area (Å²) in [6.07, 6.45) is 4.81. The second kappa shape index (κ2) is 7.01. The van der Waals surface area contributed by atoms with Gasteiger partial charge in [-0.3, -0.25) is 4.79 Å². The summed E-state index contributed by atoms with van der Waals surface area (Å²) in [6.45, 7) is 2.25. The largest absolute Gasteiger partial charge is 0.493 e. The molecule has 0 saturated carbocycles. The van der Waals surface area contributed by atoms with E-state index in [-0.39, 0.29) is 17.3 Å². The molecular formula is C23H20FNO6. The van der Waals surface area contributed by atoms with E-state index in [1.807, 2.05) is 6.08 Å². The maximum atomic E-state index is 14.4. The Morgan fingerprint density at radius 3 is 2.87 bits per heavy atom. The molecular weight excluding hydrogens is 405 g/mol. The van der Waals surface area contributed by atoms with Gasteiger partial charge in [0.15, 0.2) is 16.9 Å². The van der Waals surface area contributed by atoms with Gasteiger partial charge in [-0.25, -0.2) is 9.18 Å². The number of ether oxygens (including phenoxy) is 3. The maximum Gasteiger partial charge on any atom is 0.341 e. The Morgan fingerprint density at radius 1 is 1.35 bits per heavy atom. The highest BCUT2D eigenvalue weighted by molar-refractivity contribution is 5.88. The Bertz CT molecular complexity index is 1240. The van der Waals surface area contributed by atoms with Gasteiger partial charge < -0.3 is 23.9 Å². The SMILES string of the molecule is COc1cc2c(c3c1OCC3)-c1cc(=O)c(C(=O)O)cn1C(C1=CCC(C)C(F)=C1)O2. The van der Waals surface area contributed by atoms with E-state index in [2.05, 4.69) is 0 Å². The summed E-state index contributed by atoms with van der Waals surface area (Å²) in [7, 11) is 1.53. The smallest absolute Gasteiger partial charge is 0.341 e. The standard InChI is InChI=1S/C23H20FNO6/c1-11-3-4-12(7-15(11)24)22-25-10-14(23(27)28)17(26)8-16(25)20-13-5-6-30-21(13)19(29-2)9-18(20)31-22/h4,7-11,22H,3,5-6H2,1-2H3,(H,27,28). The minimum absolute atomic E-state index is 0.233. The van der Waals surface area contributed by atoms with Crippen molar-refractivity contribution in [2.24, 2.45) is 5.92 Å². The summed E-state index contributed by atoms with van der Waals surface area (Å²) < 4.78 is 33.5. The Morgan fingerprint density at radius 2 is 2.16 bits per heavy atom. The normalized spacial score (nSPS) is 21.0. The quantitative estimate of drug-likeness (QED) is 0.804. The number of carboxylic acid groups (broad SMARTS) is 1. The highest BCUT2D eigenvalue weighted by atomic mass is 19.1. The first-order valence-electron chi connectivity index (χ1n) is 9.99. The number of carbonyl (C=O) groups is 1. The number of aromatic nitrogens is 1. The number of methoxy groups -OCH3 is 1. The Balaban J connectivity index is 1.78. The molecule has 1 aliphatic carbocycles. The molecule has 1 N–H and O–H groups in total. The second-order valence-corrected chi connectivity index (χ2v) is 7.85. The van der Waals surface area contributed by atoms with Crippen molar-refractivity contribution in [2.75, 3.05) is 13.7 Å². The third-order valence-corrected chi connectivity index (χ3v) is 5.95. The van der Waals surface area contributed by atoms with Gasteiger partial charge in [-0.2, -0.15) is 0 Å². The predicted molar refractivity (Wildman–Crippen MR) is 110 cm³/mol. The number of hydrogen-bond donors (Lipinski definition) is 1. The van der Waals surface area contributed by atoms with Gasteiger partial charge in [0.2, 0.25) is 6.23 Å². The molecule has 1 aromatic heterocycles. The molecule has 31 heavy (non-hydrogen) atoms. The fourth-order valence-electron chi connectivity index (χ4n) is 4.31. The molecule has 0 spiro atoms. The number of nitrogens with zero attached hydrogens (tertiary/aromatic N) is 1. The Kier molecular flexibility index (Phi) is 4.39. The number of fused-ring (bicyclic) bond motifs is 5. The van der Waals surface area contributed by atoms with E-state index in [1.54, 1.807) is 17.6 Å². The van der Waals surface area contributed by atoms with Gasteiger partial charge in [0.1, 0.15) is 17.1 Å². The van der Waals surface area contributed by atoms with E-state index >= 15 is 0 Å². The number of carboxylic acids is 1. The molecule has 2 aliphatic heterocycles. The molecule has 3 aliphatic rings. The summed E-state index contributed by atoms with van der Waals surface area (Å²) in [5, 5.41) is 9.48. The van der Waals surface area contributed by atoms with E-state index in [9.17, 15) is 19.1 Å². The third kappa shape index (κ3) is 2.93. The van der Waals surface area contributed by atoms with Crippen molar-refractivity contribution in [2.45, 2.75) is 26.0 Å². The lowest BCUT2D eigenvalue weighted by molar-refractivity contribution is 0.0693. The molecule has 0 amide bonds. The minimum atomic E-state index is -1.33. The van der Waals surface area contributed by atoms with Crippen molar-refractivity contribution in [3.05, 3.63) is 63.2 Å². The summed E-state index contributed by atoms with van der Waals surface area (Å²) in [5.74, 6) is -0.267. The van der Waals surface area contributed by atoms with E-state index in [0.29, 0.717) is 53.5 Å². The first kappa shape index (κ1) is 19.4. The summed E-state index contributed by atoms with van der Waals surface area (Å²) in [6, 6.07) is 2.99. The fourth-order valence-corrected chi connectivity index (χ4v) is 4.31. The van der Waals surface area contributed by atoms with Crippen LogP contribution in [0.4, 0.5) is 4.39 Å². The van der Waals surface area contributed by atoms with Gasteiger partial charge in [-0.1, -0.05) is 13.0 Å². The van der Waals surface area contributed by atoms with Crippen LogP contribution in [0.3, 0.4) is 0 Å². The number of benzene rings is 1. The van der Waals surface area contributed by atoms with Crippen LogP contribution in [0.5, 0.6) is 17.2 Å². The monoisotopic (exact) mass is 425 g/mol. The first-order chi connectivity index (χ1) is 14.9. The first-order valence-corrected chi connectivity index (χ1v) is 9.99. The van der Waals surface area contributed by atoms with Crippen LogP contribution in [0.1, 0.15) is 35.5 Å². The van der Waals surface area contributed by atoms with Crippen LogP contribution in [-0.2, 0) is 6.42 Å². The average Bonchev–Trinajstić information content (AvgIpc) is 3.23. The van der Waals surface area contributed by atoms with Gasteiger partial charge >= 0.3 is 5.97 Å². The van der Waals surface area contributed by atoms with Crippen molar-refractivity contribution in [1.82, 2.24) is 4.57 Å². The molecule has 0 radical (unpaired) electrons. The molecule has 5 rings (SSSR count). The van der Waals surface area contributed by atoms with Gasteiger partial charge in [0, 0.05) is 47.4 Å². The zero-order chi connectivity index (χ0) is 21.9. The van der Waals surface area contributed by atoms with Crippen molar-refractivity contribution in [3.8, 4) is 28.5 Å². The lowest BCUT2D eigenvalue weighted by Crippen LogP contribution is -2.29. The highest BCUT2D eigenvalue weighted by Crippen LogP contribution is 2.51. The summed E-state index contributed by atoms with van der Waals surface area (Å²) in [4.78, 5) is 24.2. The molecule has 160 valence electrons. The highest BCUT2D eigenvalue weighted by Gasteiger charge is 2.35. The number of hydrogen-bond acceptors (Lipinski definition) is 5. The van der Waals surface area contributed by atoms with Crippen LogP contribution in [0.2, 0.25) is 0 Å². The number of allylic oxidation sites excluding steroid dienone is 2. The van der Waals surface area contributed by atoms with E-state index in [1.165, 1.54) is 25.4 Å². The van der Waals surface area contributed by atoms with Crippen molar-refractivity contribution < 1.29 is 28.5 Å². The Labute approximate surface area is 177 Å². The lowest BCUT2D eigenvalue weighted by atomic mass is 9.93. The second-order valence-electron chi connectivity index (χ2n) is 7.85. The van der Waals surface area contributed by atoms with E-state index in [4.69, 9.17) is 14.2 Å². The zero-order valence-corrected chi connectivity index (χ0v) is 17.0. The maximum absolute atomic E-state index is 14.4. The summed E-state index contributed by atoms with van der Waals surface area (Å²) in [5.41, 5.74) is 1.56. The van der Waals surface area contributed by atoms with E-state index < -0.39 is 17.6 Å². The number of rotatable bonds is 3. The topological polar surface area (TPSA) is 87.0 Å². The molecule has 2 atom stereocenters. The molecule has 3 heterocycles. The van der Waals surface area contributed by atoms with Crippen LogP contribution in [0.25, 0.3) is 11.3 Å². The third-order valence-electron chi connectivity index (χ3n) is 5.95. The van der Waals surface area contributed by atoms with Gasteiger partial charge in [-0.15, -0.1) is 0 Å². The number of halogens is 1. The zero-order valence-electron chi connectivity index (χ0n) is 17.0. The molecule has 2 unspecified atom stereocenters. The van der Waals surface area contributed by atoms with Crippen LogP contribution in [0.15, 0.2) is 46.7 Å². The van der Waals surface area contributed by atoms with Gasteiger partial charge in [0.25, 0.3) is 0 Å². The van der Waals surface area contributed by atoms with Crippen LogP contribution in [-0.4, -0.2) is 29.4 Å². The molecule has 0 bridgehead atoms. The minimum Gasteiger partial charge on any atom is -0.493 e. The summed E-state index contributed by atoms with van der Waals surface area (Å²) >= 11 is 0. The number of pyridine rings is 1. The van der Waals surface area contributed by atoms with Crippen molar-refractivity contribution in [1.29, 1.82) is 0 Å². The molecule has 8 heteroatoms. The average molecular weight is 425 g/mol. The van der Waals surface area contributed by atoms with Crippen molar-refractivity contribution in [3.63, 3.8) is 0 Å². The van der Waals surface area contributed by atoms with E-state index in [0.717, 1.165) is 5.56 Å². The van der Waals surface area contributed by atoms with Crippen molar-refractivity contribution >= 4 is 5.97 Å². The van der Waals surface area contributed by atoms with Crippen LogP contribution < -0.4 is 19.6 Å². The van der Waals surface area contributed by atoms with Crippen LogP contribution in [0, 0.1) is 5.92 Å². The van der Waals surface area contributed by atoms with Gasteiger partial charge in [0.05, 0.1) is 19.4 Å². The molecule has 2 aromatic rings. The number of aromatic carboxylic acids is 1. The Hall–Kier alpha value is -3.55. The molecule has 1 aromatic carbocycles. The molecule has 7 nitrogen and oxygen atoms in total. The van der Waals surface area contributed by atoms with Gasteiger partial charge in [-0.05, 0) is 12.5 Å². The predicted octanol–water partition coefficient (Wildman–Crippen LogP) is 3.87.